The minimum Gasteiger partial charge on any atom is -0.492 e. The molecule has 166 valence electrons. The molecular formula is C20H26F2IN3O3S. The number of benzene rings is 2. The third-order valence-electron chi connectivity index (χ3n) is 4.02. The van der Waals surface area contributed by atoms with E-state index in [2.05, 4.69) is 15.6 Å². The van der Waals surface area contributed by atoms with E-state index in [9.17, 15) is 17.2 Å². The molecule has 2 aromatic carbocycles. The highest BCUT2D eigenvalue weighted by Gasteiger charge is 2.11. The highest BCUT2D eigenvalue weighted by molar-refractivity contribution is 14.0. The molecule has 1 unspecified atom stereocenters. The van der Waals surface area contributed by atoms with Crippen LogP contribution in [0.3, 0.4) is 0 Å². The summed E-state index contributed by atoms with van der Waals surface area (Å²) in [6.45, 7) is 4.99. The highest BCUT2D eigenvalue weighted by Crippen LogP contribution is 2.17. The van der Waals surface area contributed by atoms with Gasteiger partial charge >= 0.3 is 0 Å². The van der Waals surface area contributed by atoms with Crippen molar-refractivity contribution < 1.29 is 21.9 Å². The highest BCUT2D eigenvalue weighted by atomic mass is 127. The van der Waals surface area contributed by atoms with Gasteiger partial charge in [0.05, 0.1) is 17.5 Å². The van der Waals surface area contributed by atoms with E-state index in [1.807, 2.05) is 13.8 Å². The molecule has 0 spiro atoms. The van der Waals surface area contributed by atoms with E-state index < -0.39 is 21.5 Å². The van der Waals surface area contributed by atoms with Crippen LogP contribution in [-0.4, -0.2) is 40.3 Å². The molecule has 0 aliphatic heterocycles. The van der Waals surface area contributed by atoms with Crippen molar-refractivity contribution in [3.63, 3.8) is 0 Å². The number of guanidine groups is 1. The maximum atomic E-state index is 13.4. The molecule has 2 rings (SSSR count). The maximum absolute atomic E-state index is 13.4. The molecule has 10 heteroatoms. The van der Waals surface area contributed by atoms with Gasteiger partial charge in [0.15, 0.2) is 27.4 Å². The Morgan fingerprint density at radius 2 is 1.80 bits per heavy atom. The Bertz CT molecular complexity index is 954. The van der Waals surface area contributed by atoms with E-state index in [0.29, 0.717) is 30.4 Å². The summed E-state index contributed by atoms with van der Waals surface area (Å²) in [6, 6.07) is 9.64. The lowest BCUT2D eigenvalue weighted by molar-refractivity contribution is 0.328. The Balaban J connectivity index is 0.00000450. The van der Waals surface area contributed by atoms with E-state index >= 15 is 0 Å². The lowest BCUT2D eigenvalue weighted by atomic mass is 10.1. The Labute approximate surface area is 193 Å². The quantitative estimate of drug-likeness (QED) is 0.226. The third kappa shape index (κ3) is 8.05. The Morgan fingerprint density at radius 3 is 2.37 bits per heavy atom. The van der Waals surface area contributed by atoms with Gasteiger partial charge in [0.25, 0.3) is 0 Å². The van der Waals surface area contributed by atoms with Gasteiger partial charge in [-0.3, -0.25) is 0 Å². The average molecular weight is 553 g/mol. The predicted octanol–water partition coefficient (Wildman–Crippen LogP) is 3.68. The number of hydrogen-bond acceptors (Lipinski definition) is 4. The van der Waals surface area contributed by atoms with Gasteiger partial charge in [0.1, 0.15) is 12.4 Å². The first-order valence-corrected chi connectivity index (χ1v) is 11.0. The lowest BCUT2D eigenvalue weighted by Crippen LogP contribution is -2.39. The van der Waals surface area contributed by atoms with Gasteiger partial charge in [-0.2, -0.15) is 0 Å². The minimum absolute atomic E-state index is 0. The van der Waals surface area contributed by atoms with Crippen LogP contribution in [0.25, 0.3) is 0 Å². The molecule has 30 heavy (non-hydrogen) atoms. The zero-order valence-electron chi connectivity index (χ0n) is 17.0. The average Bonchev–Trinajstić information content (AvgIpc) is 2.67. The molecule has 0 fully saturated rings. The van der Waals surface area contributed by atoms with Crippen LogP contribution in [0.1, 0.15) is 25.5 Å². The molecule has 0 amide bonds. The molecule has 0 saturated carbocycles. The van der Waals surface area contributed by atoms with Crippen molar-refractivity contribution in [3.05, 3.63) is 59.7 Å². The van der Waals surface area contributed by atoms with Crippen molar-refractivity contribution in [1.82, 2.24) is 10.6 Å². The van der Waals surface area contributed by atoms with Gasteiger partial charge in [-0.1, -0.05) is 6.07 Å². The second-order valence-electron chi connectivity index (χ2n) is 6.39. The van der Waals surface area contributed by atoms with Crippen molar-refractivity contribution >= 4 is 39.8 Å². The molecule has 0 aliphatic carbocycles. The minimum atomic E-state index is -3.24. The zero-order valence-corrected chi connectivity index (χ0v) is 20.1. The molecule has 0 heterocycles. The van der Waals surface area contributed by atoms with Crippen LogP contribution in [0.15, 0.2) is 52.4 Å². The van der Waals surface area contributed by atoms with Crippen LogP contribution < -0.4 is 15.4 Å². The van der Waals surface area contributed by atoms with Crippen molar-refractivity contribution in [2.45, 2.75) is 24.8 Å². The van der Waals surface area contributed by atoms with E-state index in [-0.39, 0.29) is 41.5 Å². The largest absolute Gasteiger partial charge is 0.492 e. The molecule has 2 N–H and O–H groups in total. The normalized spacial score (nSPS) is 12.6. The fourth-order valence-corrected chi connectivity index (χ4v) is 3.12. The van der Waals surface area contributed by atoms with Crippen LogP contribution in [0.2, 0.25) is 0 Å². The molecule has 6 nitrogen and oxygen atoms in total. The molecule has 2 aromatic rings. The first-order chi connectivity index (χ1) is 13.7. The number of aliphatic imine (C=N–C) groups is 1. The Kier molecular flexibility index (Phi) is 10.5. The second-order valence-corrected chi connectivity index (χ2v) is 8.41. The van der Waals surface area contributed by atoms with Crippen molar-refractivity contribution in [2.24, 2.45) is 4.99 Å². The summed E-state index contributed by atoms with van der Waals surface area (Å²) in [6.07, 6.45) is 1.15. The van der Waals surface area contributed by atoms with Gasteiger partial charge < -0.3 is 15.4 Å². The van der Waals surface area contributed by atoms with Gasteiger partial charge in [0, 0.05) is 12.8 Å². The third-order valence-corrected chi connectivity index (χ3v) is 5.15. The lowest BCUT2D eigenvalue weighted by Gasteiger charge is -2.18. The summed E-state index contributed by atoms with van der Waals surface area (Å²) >= 11 is 0. The molecule has 0 aliphatic rings. The smallest absolute Gasteiger partial charge is 0.191 e. The SMILES string of the molecule is CCNC(=NCCOc1ccc(S(C)(=O)=O)cc1)NC(C)c1ccc(F)c(F)c1.I. The molecule has 1 atom stereocenters. The maximum Gasteiger partial charge on any atom is 0.191 e. The van der Waals surface area contributed by atoms with Gasteiger partial charge in [-0.25, -0.2) is 22.2 Å². The first-order valence-electron chi connectivity index (χ1n) is 9.13. The summed E-state index contributed by atoms with van der Waals surface area (Å²) < 4.78 is 55.0. The van der Waals surface area contributed by atoms with Crippen LogP contribution in [0.5, 0.6) is 5.75 Å². The zero-order chi connectivity index (χ0) is 21.4. The van der Waals surface area contributed by atoms with Crippen LogP contribution in [0.4, 0.5) is 8.78 Å². The molecular weight excluding hydrogens is 527 g/mol. The van der Waals surface area contributed by atoms with Gasteiger partial charge in [-0.15, -0.1) is 24.0 Å². The molecule has 0 saturated heterocycles. The Hall–Kier alpha value is -1.95. The molecule has 0 aromatic heterocycles. The summed E-state index contributed by atoms with van der Waals surface area (Å²) in [5.74, 6) is -0.724. The van der Waals surface area contributed by atoms with Crippen molar-refractivity contribution in [1.29, 1.82) is 0 Å². The van der Waals surface area contributed by atoms with Gasteiger partial charge in [-0.05, 0) is 55.8 Å². The van der Waals surface area contributed by atoms with E-state index in [0.717, 1.165) is 18.4 Å². The fraction of sp³-hybridized carbons (Fsp3) is 0.350. The second kappa shape index (κ2) is 12.0. The van der Waals surface area contributed by atoms with Crippen LogP contribution >= 0.6 is 24.0 Å². The van der Waals surface area contributed by atoms with Crippen LogP contribution in [-0.2, 0) is 9.84 Å². The fourth-order valence-electron chi connectivity index (χ4n) is 2.49. The summed E-state index contributed by atoms with van der Waals surface area (Å²) in [5, 5.41) is 6.21. The van der Waals surface area contributed by atoms with E-state index in [1.54, 1.807) is 12.1 Å². The monoisotopic (exact) mass is 553 g/mol. The molecule has 0 radical (unpaired) electrons. The summed E-state index contributed by atoms with van der Waals surface area (Å²) in [5.41, 5.74) is 0.594. The summed E-state index contributed by atoms with van der Waals surface area (Å²) in [4.78, 5) is 4.63. The summed E-state index contributed by atoms with van der Waals surface area (Å²) in [7, 11) is -3.24. The number of hydrogen-bond donors (Lipinski definition) is 2. The standard InChI is InChI=1S/C20H25F2N3O3S.HI/c1-4-23-20(25-14(2)15-5-10-18(21)19(22)13-15)24-11-12-28-16-6-8-17(9-7-16)29(3,26)27;/h5-10,13-14H,4,11-12H2,1-3H3,(H2,23,24,25);1H. The first kappa shape index (κ1) is 26.1. The number of ether oxygens (including phenoxy) is 1. The van der Waals surface area contributed by atoms with Crippen LogP contribution in [0, 0.1) is 11.6 Å². The van der Waals surface area contributed by atoms with Crippen molar-refractivity contribution in [3.8, 4) is 5.75 Å². The predicted molar refractivity (Wildman–Crippen MR) is 124 cm³/mol. The number of nitrogens with zero attached hydrogens (tertiary/aromatic N) is 1. The molecule has 0 bridgehead atoms. The van der Waals surface area contributed by atoms with E-state index in [4.69, 9.17) is 4.74 Å². The number of nitrogens with one attached hydrogen (secondary N) is 2. The van der Waals surface area contributed by atoms with Crippen molar-refractivity contribution in [2.75, 3.05) is 26.0 Å². The number of halogens is 3. The Morgan fingerprint density at radius 1 is 1.13 bits per heavy atom. The number of sulfone groups is 1. The van der Waals surface area contributed by atoms with E-state index in [1.165, 1.54) is 18.2 Å². The van der Waals surface area contributed by atoms with Gasteiger partial charge in [0.2, 0.25) is 0 Å². The topological polar surface area (TPSA) is 79.8 Å². The number of rotatable bonds is 8.